The van der Waals surface area contributed by atoms with Crippen molar-refractivity contribution in [3.63, 3.8) is 0 Å². The van der Waals surface area contributed by atoms with Crippen molar-refractivity contribution in [2.45, 2.75) is 0 Å². The van der Waals surface area contributed by atoms with Crippen LogP contribution in [-0.4, -0.2) is 29.0 Å². The van der Waals surface area contributed by atoms with Gasteiger partial charge in [-0.3, -0.25) is 4.79 Å². The molecule has 1 aromatic carbocycles. The maximum absolute atomic E-state index is 11.7. The molecule has 18 heavy (non-hydrogen) atoms. The van der Waals surface area contributed by atoms with Crippen LogP contribution in [-0.2, 0) is 4.79 Å². The fourth-order valence-corrected chi connectivity index (χ4v) is 1.87. The van der Waals surface area contributed by atoms with Crippen LogP contribution < -0.4 is 10.6 Å². The van der Waals surface area contributed by atoms with E-state index in [2.05, 4.69) is 20.6 Å². The Morgan fingerprint density at radius 3 is 2.61 bits per heavy atom. The van der Waals surface area contributed by atoms with E-state index in [0.29, 0.717) is 0 Å². The topological polar surface area (TPSA) is 69.8 Å². The van der Waals surface area contributed by atoms with Crippen LogP contribution in [0.25, 0.3) is 11.3 Å². The lowest BCUT2D eigenvalue weighted by molar-refractivity contribution is -0.121. The molecule has 3 rings (SSSR count). The summed E-state index contributed by atoms with van der Waals surface area (Å²) < 4.78 is 0. The van der Waals surface area contributed by atoms with E-state index < -0.39 is 0 Å². The molecule has 1 aromatic heterocycles. The Kier molecular flexibility index (Phi) is 2.82. The van der Waals surface area contributed by atoms with Gasteiger partial charge in [-0.2, -0.15) is 0 Å². The van der Waals surface area contributed by atoms with Gasteiger partial charge in [-0.05, 0) is 17.7 Å². The Labute approximate surface area is 105 Å². The van der Waals surface area contributed by atoms with Gasteiger partial charge in [0.05, 0.1) is 24.1 Å². The molecule has 2 aromatic rings. The van der Waals surface area contributed by atoms with E-state index in [1.54, 1.807) is 12.5 Å². The summed E-state index contributed by atoms with van der Waals surface area (Å²) in [7, 11) is 0. The quantitative estimate of drug-likeness (QED) is 0.758. The summed E-state index contributed by atoms with van der Waals surface area (Å²) in [6.45, 7) is 1.55. The van der Waals surface area contributed by atoms with E-state index in [1.807, 2.05) is 24.3 Å². The molecule has 1 aliphatic heterocycles. The number of rotatable bonds is 3. The smallest absolute Gasteiger partial charge is 0.230 e. The third-order valence-corrected chi connectivity index (χ3v) is 3.11. The molecule has 92 valence electrons. The zero-order valence-corrected chi connectivity index (χ0v) is 9.81. The molecule has 0 radical (unpaired) electrons. The average Bonchev–Trinajstić information content (AvgIpc) is 2.81. The van der Waals surface area contributed by atoms with Crippen molar-refractivity contribution >= 4 is 11.6 Å². The van der Waals surface area contributed by atoms with Crippen LogP contribution in [0.3, 0.4) is 0 Å². The first-order valence-electron chi connectivity index (χ1n) is 5.93. The summed E-state index contributed by atoms with van der Waals surface area (Å²) in [4.78, 5) is 18.8. The lowest BCUT2D eigenvalue weighted by Crippen LogP contribution is -2.48. The Morgan fingerprint density at radius 1 is 1.28 bits per heavy atom. The molecular formula is C13H14N4O. The molecule has 1 fully saturated rings. The number of aromatic amines is 1. The summed E-state index contributed by atoms with van der Waals surface area (Å²) in [5.41, 5.74) is 2.85. The highest BCUT2D eigenvalue weighted by Crippen LogP contribution is 2.19. The third-order valence-electron chi connectivity index (χ3n) is 3.11. The Balaban J connectivity index is 1.69. The first-order valence-corrected chi connectivity index (χ1v) is 5.93. The first kappa shape index (κ1) is 11.0. The van der Waals surface area contributed by atoms with Crippen LogP contribution in [0.2, 0.25) is 0 Å². The van der Waals surface area contributed by atoms with Gasteiger partial charge in [-0.25, -0.2) is 4.98 Å². The number of aromatic nitrogens is 2. The fraction of sp³-hybridized carbons (Fsp3) is 0.231. The van der Waals surface area contributed by atoms with Crippen LogP contribution >= 0.6 is 0 Å². The summed E-state index contributed by atoms with van der Waals surface area (Å²) in [6, 6.07) is 7.73. The van der Waals surface area contributed by atoms with Crippen molar-refractivity contribution in [3.8, 4) is 11.3 Å². The van der Waals surface area contributed by atoms with E-state index in [4.69, 9.17) is 0 Å². The predicted molar refractivity (Wildman–Crippen MR) is 69.0 cm³/mol. The second-order valence-electron chi connectivity index (χ2n) is 4.39. The van der Waals surface area contributed by atoms with E-state index >= 15 is 0 Å². The average molecular weight is 242 g/mol. The van der Waals surface area contributed by atoms with Gasteiger partial charge in [-0.15, -0.1) is 0 Å². The van der Waals surface area contributed by atoms with Crippen molar-refractivity contribution in [2.24, 2.45) is 5.92 Å². The maximum Gasteiger partial charge on any atom is 0.230 e. The lowest BCUT2D eigenvalue weighted by atomic mass is 10.0. The van der Waals surface area contributed by atoms with Crippen molar-refractivity contribution in [3.05, 3.63) is 36.8 Å². The van der Waals surface area contributed by atoms with E-state index in [-0.39, 0.29) is 11.8 Å². The summed E-state index contributed by atoms with van der Waals surface area (Å²) in [6.07, 6.45) is 3.42. The number of anilines is 1. The third kappa shape index (κ3) is 2.12. The molecule has 5 nitrogen and oxygen atoms in total. The minimum atomic E-state index is 0.0861. The van der Waals surface area contributed by atoms with Gasteiger partial charge < -0.3 is 15.6 Å². The standard InChI is InChI=1S/C13H14N4O/c18-13(10-5-14-6-10)17-11-3-1-9(2-4-11)12-7-15-8-16-12/h1-4,7-8,10,14H,5-6H2,(H,15,16)(H,17,18). The largest absolute Gasteiger partial charge is 0.345 e. The Morgan fingerprint density at radius 2 is 2.06 bits per heavy atom. The van der Waals surface area contributed by atoms with Crippen LogP contribution in [0.15, 0.2) is 36.8 Å². The minimum absolute atomic E-state index is 0.0861. The second kappa shape index (κ2) is 4.62. The molecule has 0 aliphatic carbocycles. The SMILES string of the molecule is O=C(Nc1ccc(-c2cnc[nH]2)cc1)C1CNC1. The van der Waals surface area contributed by atoms with Gasteiger partial charge in [0.2, 0.25) is 5.91 Å². The Bertz CT molecular complexity index is 529. The van der Waals surface area contributed by atoms with E-state index in [9.17, 15) is 4.79 Å². The van der Waals surface area contributed by atoms with Gasteiger partial charge >= 0.3 is 0 Å². The molecule has 0 bridgehead atoms. The second-order valence-corrected chi connectivity index (χ2v) is 4.39. The molecule has 3 N–H and O–H groups in total. The van der Waals surface area contributed by atoms with Crippen molar-refractivity contribution < 1.29 is 4.79 Å². The number of nitrogens with zero attached hydrogens (tertiary/aromatic N) is 1. The molecule has 5 heteroatoms. The van der Waals surface area contributed by atoms with E-state index in [0.717, 1.165) is 30.0 Å². The molecule has 0 atom stereocenters. The van der Waals surface area contributed by atoms with Crippen molar-refractivity contribution in [1.82, 2.24) is 15.3 Å². The zero-order valence-electron chi connectivity index (χ0n) is 9.81. The number of imidazole rings is 1. The molecule has 1 amide bonds. The number of H-pyrrole nitrogens is 1. The normalized spacial score (nSPS) is 15.1. The van der Waals surface area contributed by atoms with Gasteiger partial charge in [-0.1, -0.05) is 12.1 Å². The molecule has 0 unspecified atom stereocenters. The molecule has 0 saturated carbocycles. The number of carbonyl (C=O) groups excluding carboxylic acids is 1. The summed E-state index contributed by atoms with van der Waals surface area (Å²) in [5, 5.41) is 6.00. The van der Waals surface area contributed by atoms with Crippen molar-refractivity contribution in [1.29, 1.82) is 0 Å². The molecule has 1 aliphatic rings. The van der Waals surface area contributed by atoms with E-state index in [1.165, 1.54) is 0 Å². The molecular weight excluding hydrogens is 228 g/mol. The fourth-order valence-electron chi connectivity index (χ4n) is 1.87. The summed E-state index contributed by atoms with van der Waals surface area (Å²) in [5.74, 6) is 0.195. The number of amides is 1. The van der Waals surface area contributed by atoms with Crippen LogP contribution in [0, 0.1) is 5.92 Å². The monoisotopic (exact) mass is 242 g/mol. The number of carbonyl (C=O) groups is 1. The van der Waals surface area contributed by atoms with Gasteiger partial charge in [0, 0.05) is 18.8 Å². The minimum Gasteiger partial charge on any atom is -0.345 e. The van der Waals surface area contributed by atoms with Crippen LogP contribution in [0.1, 0.15) is 0 Å². The van der Waals surface area contributed by atoms with Gasteiger partial charge in [0.25, 0.3) is 0 Å². The number of hydrogen-bond acceptors (Lipinski definition) is 3. The first-order chi connectivity index (χ1) is 8.83. The lowest BCUT2D eigenvalue weighted by Gasteiger charge is -2.25. The highest BCUT2D eigenvalue weighted by atomic mass is 16.2. The van der Waals surface area contributed by atoms with Crippen LogP contribution in [0.5, 0.6) is 0 Å². The molecule has 1 saturated heterocycles. The van der Waals surface area contributed by atoms with Gasteiger partial charge in [0.15, 0.2) is 0 Å². The number of benzene rings is 1. The summed E-state index contributed by atoms with van der Waals surface area (Å²) >= 11 is 0. The highest BCUT2D eigenvalue weighted by Gasteiger charge is 2.24. The van der Waals surface area contributed by atoms with Crippen LogP contribution in [0.4, 0.5) is 5.69 Å². The highest BCUT2D eigenvalue weighted by molar-refractivity contribution is 5.93. The zero-order chi connectivity index (χ0) is 12.4. The number of hydrogen-bond donors (Lipinski definition) is 3. The Hall–Kier alpha value is -2.14. The molecule has 2 heterocycles. The predicted octanol–water partition coefficient (Wildman–Crippen LogP) is 1.23. The maximum atomic E-state index is 11.7. The van der Waals surface area contributed by atoms with Gasteiger partial charge in [0.1, 0.15) is 0 Å². The molecule has 0 spiro atoms. The number of nitrogens with one attached hydrogen (secondary N) is 3. The van der Waals surface area contributed by atoms with Crippen molar-refractivity contribution in [2.75, 3.05) is 18.4 Å².